The lowest BCUT2D eigenvalue weighted by Crippen LogP contribution is -2.48. The quantitative estimate of drug-likeness (QED) is 0.555. The third-order valence-corrected chi connectivity index (χ3v) is 4.79. The molecule has 9 heteroatoms. The molecule has 2 aliphatic heterocycles. The second kappa shape index (κ2) is 8.64. The molecule has 2 heterocycles. The van der Waals surface area contributed by atoms with Crippen LogP contribution in [0.5, 0.6) is 0 Å². The van der Waals surface area contributed by atoms with E-state index in [1.165, 1.54) is 4.90 Å². The molecule has 0 saturated carbocycles. The Morgan fingerprint density at radius 2 is 1.54 bits per heavy atom. The second-order valence-electron chi connectivity index (χ2n) is 6.78. The zero-order valence-electron chi connectivity index (χ0n) is 15.4. The number of nitrogens with one attached hydrogen (secondary N) is 2. The number of amides is 5. The fourth-order valence-electron chi connectivity index (χ4n) is 3.28. The van der Waals surface area contributed by atoms with Crippen LogP contribution < -0.4 is 10.9 Å². The minimum Gasteiger partial charge on any atom is -0.333 e. The van der Waals surface area contributed by atoms with Crippen LogP contribution in [0.4, 0.5) is 0 Å². The third-order valence-electron chi connectivity index (χ3n) is 4.79. The number of fused-ring (bicyclic) bond motifs is 1. The second-order valence-corrected chi connectivity index (χ2v) is 6.78. The van der Waals surface area contributed by atoms with Crippen LogP contribution in [0.1, 0.15) is 52.8 Å². The van der Waals surface area contributed by atoms with Crippen molar-refractivity contribution in [1.29, 1.82) is 0 Å². The van der Waals surface area contributed by atoms with Crippen molar-refractivity contribution >= 4 is 29.5 Å². The van der Waals surface area contributed by atoms with Gasteiger partial charge in [0.25, 0.3) is 17.7 Å². The molecular formula is C19H22N4O5. The Balaban J connectivity index is 1.42. The van der Waals surface area contributed by atoms with Crippen LogP contribution in [0.3, 0.4) is 0 Å². The van der Waals surface area contributed by atoms with Gasteiger partial charge in [-0.25, -0.2) is 0 Å². The summed E-state index contributed by atoms with van der Waals surface area (Å²) in [5.41, 5.74) is 5.16. The summed E-state index contributed by atoms with van der Waals surface area (Å²) in [5, 5.41) is 0. The SMILES string of the molecule is O=C(CCN1C(=O)c2ccccc2C1=O)NNC(=O)CN1CCCCCC1=O. The Morgan fingerprint density at radius 3 is 2.21 bits per heavy atom. The van der Waals surface area contributed by atoms with Crippen LogP contribution in [0.2, 0.25) is 0 Å². The van der Waals surface area contributed by atoms with Gasteiger partial charge < -0.3 is 4.90 Å². The van der Waals surface area contributed by atoms with Crippen molar-refractivity contribution in [2.75, 3.05) is 19.6 Å². The molecule has 1 aromatic rings. The van der Waals surface area contributed by atoms with Gasteiger partial charge in [0, 0.05) is 25.9 Å². The summed E-state index contributed by atoms with van der Waals surface area (Å²) in [6.45, 7) is 0.329. The van der Waals surface area contributed by atoms with Gasteiger partial charge in [0.05, 0.1) is 11.1 Å². The van der Waals surface area contributed by atoms with Crippen LogP contribution in [0, 0.1) is 0 Å². The van der Waals surface area contributed by atoms with E-state index in [0.717, 1.165) is 24.2 Å². The Hall–Kier alpha value is -3.23. The highest BCUT2D eigenvalue weighted by Gasteiger charge is 2.35. The van der Waals surface area contributed by atoms with Gasteiger partial charge in [-0.3, -0.25) is 39.7 Å². The molecule has 3 rings (SSSR count). The highest BCUT2D eigenvalue weighted by molar-refractivity contribution is 6.21. The van der Waals surface area contributed by atoms with Gasteiger partial charge in [-0.15, -0.1) is 0 Å². The maximum absolute atomic E-state index is 12.2. The summed E-state index contributed by atoms with van der Waals surface area (Å²) in [7, 11) is 0. The monoisotopic (exact) mass is 386 g/mol. The molecule has 1 aromatic carbocycles. The first kappa shape index (κ1) is 19.5. The standard InChI is InChI=1S/C19H22N4O5/c24-15(20-21-16(25)12-22-10-5-1-2-8-17(22)26)9-11-23-18(27)13-6-3-4-7-14(13)19(23)28/h3-4,6-7H,1-2,5,8-12H2,(H,20,24)(H,21,25). The van der Waals surface area contributed by atoms with Crippen LogP contribution >= 0.6 is 0 Å². The molecule has 0 radical (unpaired) electrons. The van der Waals surface area contributed by atoms with Crippen LogP contribution in [-0.4, -0.2) is 59.0 Å². The lowest BCUT2D eigenvalue weighted by molar-refractivity contribution is -0.136. The lowest BCUT2D eigenvalue weighted by atomic mass is 10.1. The summed E-state index contributed by atoms with van der Waals surface area (Å²) in [6.07, 6.45) is 2.92. The number of imide groups is 1. The largest absolute Gasteiger partial charge is 0.333 e. The van der Waals surface area contributed by atoms with E-state index >= 15 is 0 Å². The summed E-state index contributed by atoms with van der Waals surface area (Å²) in [5.74, 6) is -1.96. The molecule has 0 aliphatic carbocycles. The number of hydrazine groups is 1. The average molecular weight is 386 g/mol. The normalized spacial score (nSPS) is 16.6. The molecular weight excluding hydrogens is 364 g/mol. The van der Waals surface area contributed by atoms with E-state index in [-0.39, 0.29) is 25.4 Å². The van der Waals surface area contributed by atoms with Crippen LogP contribution in [-0.2, 0) is 14.4 Å². The van der Waals surface area contributed by atoms with Gasteiger partial charge >= 0.3 is 0 Å². The Labute approximate surface area is 162 Å². The Bertz CT molecular complexity index is 787. The van der Waals surface area contributed by atoms with Gasteiger partial charge in [0.1, 0.15) is 6.54 Å². The molecule has 28 heavy (non-hydrogen) atoms. The predicted molar refractivity (Wildman–Crippen MR) is 97.8 cm³/mol. The van der Waals surface area contributed by atoms with E-state index in [9.17, 15) is 24.0 Å². The van der Waals surface area contributed by atoms with Crippen molar-refractivity contribution in [2.45, 2.75) is 32.1 Å². The molecule has 2 aliphatic rings. The number of benzene rings is 1. The van der Waals surface area contributed by atoms with Crippen LogP contribution in [0.15, 0.2) is 24.3 Å². The van der Waals surface area contributed by atoms with Crippen molar-refractivity contribution in [1.82, 2.24) is 20.7 Å². The lowest BCUT2D eigenvalue weighted by Gasteiger charge is -2.20. The van der Waals surface area contributed by atoms with Gasteiger partial charge in [-0.2, -0.15) is 0 Å². The molecule has 5 amide bonds. The summed E-state index contributed by atoms with van der Waals surface area (Å²) in [4.78, 5) is 62.7. The molecule has 0 unspecified atom stereocenters. The first-order chi connectivity index (χ1) is 13.5. The molecule has 1 saturated heterocycles. The van der Waals surface area contributed by atoms with Gasteiger partial charge in [-0.1, -0.05) is 18.6 Å². The summed E-state index contributed by atoms with van der Waals surface area (Å²) >= 11 is 0. The van der Waals surface area contributed by atoms with Crippen molar-refractivity contribution in [2.24, 2.45) is 0 Å². The van der Waals surface area contributed by atoms with Gasteiger partial charge in [-0.05, 0) is 25.0 Å². The van der Waals surface area contributed by atoms with Crippen molar-refractivity contribution in [3.63, 3.8) is 0 Å². The molecule has 0 bridgehead atoms. The molecule has 0 atom stereocenters. The zero-order valence-corrected chi connectivity index (χ0v) is 15.4. The van der Waals surface area contributed by atoms with E-state index in [0.29, 0.717) is 24.1 Å². The number of nitrogens with zero attached hydrogens (tertiary/aromatic N) is 2. The first-order valence-corrected chi connectivity index (χ1v) is 9.28. The zero-order chi connectivity index (χ0) is 20.1. The highest BCUT2D eigenvalue weighted by atomic mass is 16.2. The van der Waals surface area contributed by atoms with E-state index in [1.807, 2.05) is 0 Å². The Morgan fingerprint density at radius 1 is 0.893 bits per heavy atom. The minimum atomic E-state index is -0.535. The highest BCUT2D eigenvalue weighted by Crippen LogP contribution is 2.22. The number of hydrogen-bond acceptors (Lipinski definition) is 5. The summed E-state index contributed by atoms with van der Waals surface area (Å²) in [6, 6.07) is 6.48. The fourth-order valence-corrected chi connectivity index (χ4v) is 3.28. The molecule has 148 valence electrons. The van der Waals surface area contributed by atoms with E-state index < -0.39 is 23.6 Å². The van der Waals surface area contributed by atoms with E-state index in [4.69, 9.17) is 0 Å². The smallest absolute Gasteiger partial charge is 0.261 e. The predicted octanol–water partition coefficient (Wildman–Crippen LogP) is 0.223. The van der Waals surface area contributed by atoms with Gasteiger partial charge in [0.15, 0.2) is 0 Å². The number of carbonyl (C=O) groups excluding carboxylic acids is 5. The summed E-state index contributed by atoms with van der Waals surface area (Å²) < 4.78 is 0. The number of hydrogen-bond donors (Lipinski definition) is 2. The van der Waals surface area contributed by atoms with Crippen molar-refractivity contribution < 1.29 is 24.0 Å². The molecule has 9 nitrogen and oxygen atoms in total. The maximum atomic E-state index is 12.2. The number of carbonyl (C=O) groups is 5. The molecule has 0 aromatic heterocycles. The fraction of sp³-hybridized carbons (Fsp3) is 0.421. The van der Waals surface area contributed by atoms with Gasteiger partial charge in [0.2, 0.25) is 11.8 Å². The van der Waals surface area contributed by atoms with Crippen LogP contribution in [0.25, 0.3) is 0 Å². The molecule has 2 N–H and O–H groups in total. The Kier molecular flexibility index (Phi) is 6.03. The third kappa shape index (κ3) is 4.36. The van der Waals surface area contributed by atoms with E-state index in [1.54, 1.807) is 24.3 Å². The first-order valence-electron chi connectivity index (χ1n) is 9.28. The average Bonchev–Trinajstić information content (AvgIpc) is 2.81. The number of rotatable bonds is 5. The molecule has 0 spiro atoms. The molecule has 1 fully saturated rings. The topological polar surface area (TPSA) is 116 Å². The van der Waals surface area contributed by atoms with E-state index in [2.05, 4.69) is 10.9 Å². The van der Waals surface area contributed by atoms with Crippen molar-refractivity contribution in [3.8, 4) is 0 Å². The minimum absolute atomic E-state index is 0.0652. The van der Waals surface area contributed by atoms with Crippen molar-refractivity contribution in [3.05, 3.63) is 35.4 Å². The maximum Gasteiger partial charge on any atom is 0.261 e. The number of likely N-dealkylation sites (tertiary alicyclic amines) is 1.